The van der Waals surface area contributed by atoms with E-state index in [1.54, 1.807) is 6.92 Å². The lowest BCUT2D eigenvalue weighted by Gasteiger charge is -2.29. The van der Waals surface area contributed by atoms with E-state index >= 15 is 0 Å². The summed E-state index contributed by atoms with van der Waals surface area (Å²) in [6.07, 6.45) is 4.01. The molecule has 0 atom stereocenters. The first kappa shape index (κ1) is 13.6. The van der Waals surface area contributed by atoms with Crippen molar-refractivity contribution in [3.63, 3.8) is 0 Å². The largest absolute Gasteiger partial charge is 0.381 e. The monoisotopic (exact) mass is 273 g/mol. The Kier molecular flexibility index (Phi) is 4.06. The Morgan fingerprint density at radius 3 is 2.90 bits per heavy atom. The number of hydrogen-bond donors (Lipinski definition) is 0. The summed E-state index contributed by atoms with van der Waals surface area (Å²) in [5, 5.41) is 0. The molecule has 2 aliphatic rings. The Bertz CT molecular complexity index is 492. The molecule has 2 heterocycles. The van der Waals surface area contributed by atoms with Gasteiger partial charge in [-0.15, -0.1) is 0 Å². The van der Waals surface area contributed by atoms with Gasteiger partial charge in [0.25, 0.3) is 0 Å². The van der Waals surface area contributed by atoms with Crippen molar-refractivity contribution in [2.24, 2.45) is 5.92 Å². The Hall–Kier alpha value is -1.35. The normalized spacial score (nSPS) is 19.1. The van der Waals surface area contributed by atoms with Crippen molar-refractivity contribution >= 4 is 11.5 Å². The first-order chi connectivity index (χ1) is 9.74. The number of carbonyl (C=O) groups is 1. The Labute approximate surface area is 120 Å². The minimum atomic E-state index is 0.247. The van der Waals surface area contributed by atoms with E-state index in [0.717, 1.165) is 38.6 Å². The molecule has 0 bridgehead atoms. The van der Waals surface area contributed by atoms with Crippen LogP contribution in [0, 0.1) is 5.92 Å². The lowest BCUT2D eigenvalue weighted by molar-refractivity contribution is -0.116. The van der Waals surface area contributed by atoms with Crippen LogP contribution in [0.5, 0.6) is 0 Å². The number of fused-ring (bicyclic) bond motifs is 1. The fourth-order valence-electron chi connectivity index (χ4n) is 3.45. The van der Waals surface area contributed by atoms with Gasteiger partial charge in [0.1, 0.15) is 5.78 Å². The molecule has 0 saturated carbocycles. The van der Waals surface area contributed by atoms with Gasteiger partial charge in [-0.2, -0.15) is 0 Å². The number of rotatable bonds is 4. The van der Waals surface area contributed by atoms with Crippen LogP contribution >= 0.6 is 0 Å². The molecule has 1 saturated heterocycles. The number of hydrogen-bond acceptors (Lipinski definition) is 3. The number of para-hydroxylation sites is 1. The average Bonchev–Trinajstić information content (AvgIpc) is 2.84. The Balaban J connectivity index is 1.78. The van der Waals surface area contributed by atoms with E-state index in [9.17, 15) is 4.79 Å². The zero-order valence-electron chi connectivity index (χ0n) is 12.2. The number of anilines is 1. The van der Waals surface area contributed by atoms with E-state index in [2.05, 4.69) is 23.1 Å². The highest BCUT2D eigenvalue weighted by atomic mass is 16.5. The molecule has 3 nitrogen and oxygen atoms in total. The van der Waals surface area contributed by atoms with Gasteiger partial charge in [-0.25, -0.2) is 0 Å². The predicted molar refractivity (Wildman–Crippen MR) is 80.3 cm³/mol. The van der Waals surface area contributed by atoms with Gasteiger partial charge in [0, 0.05) is 38.4 Å². The highest BCUT2D eigenvalue weighted by molar-refractivity contribution is 5.81. The van der Waals surface area contributed by atoms with E-state index in [-0.39, 0.29) is 5.78 Å². The van der Waals surface area contributed by atoms with Crippen molar-refractivity contribution in [3.8, 4) is 0 Å². The quantitative estimate of drug-likeness (QED) is 0.844. The molecule has 1 fully saturated rings. The third-order valence-electron chi connectivity index (χ3n) is 4.43. The maximum atomic E-state index is 11.5. The van der Waals surface area contributed by atoms with Gasteiger partial charge < -0.3 is 9.64 Å². The lowest BCUT2D eigenvalue weighted by Crippen LogP contribution is -2.31. The topological polar surface area (TPSA) is 29.5 Å². The molecule has 0 spiro atoms. The molecule has 108 valence electrons. The van der Waals surface area contributed by atoms with E-state index in [0.29, 0.717) is 6.42 Å². The molecule has 3 rings (SSSR count). The number of Topliss-reactive ketones (excluding diaryl/α,β-unsaturated/α-hetero) is 1. The van der Waals surface area contributed by atoms with Crippen molar-refractivity contribution in [3.05, 3.63) is 29.3 Å². The van der Waals surface area contributed by atoms with Gasteiger partial charge in [-0.3, -0.25) is 4.79 Å². The minimum Gasteiger partial charge on any atom is -0.381 e. The molecule has 0 radical (unpaired) electrons. The highest BCUT2D eigenvalue weighted by Crippen LogP contribution is 2.33. The smallest absolute Gasteiger partial charge is 0.134 e. The second kappa shape index (κ2) is 5.96. The fraction of sp³-hybridized carbons (Fsp3) is 0.588. The number of ether oxygens (including phenoxy) is 1. The summed E-state index contributed by atoms with van der Waals surface area (Å²) in [7, 11) is 0. The van der Waals surface area contributed by atoms with Gasteiger partial charge in [-0.05, 0) is 43.2 Å². The van der Waals surface area contributed by atoms with Crippen LogP contribution in [0.2, 0.25) is 0 Å². The first-order valence-corrected chi connectivity index (χ1v) is 7.67. The van der Waals surface area contributed by atoms with Gasteiger partial charge in [-0.1, -0.05) is 18.2 Å². The van der Waals surface area contributed by atoms with Crippen LogP contribution in [0.25, 0.3) is 0 Å². The summed E-state index contributed by atoms with van der Waals surface area (Å²) in [4.78, 5) is 14.0. The van der Waals surface area contributed by atoms with E-state index in [1.165, 1.54) is 29.7 Å². The van der Waals surface area contributed by atoms with Crippen LogP contribution in [0.4, 0.5) is 5.69 Å². The summed E-state index contributed by atoms with van der Waals surface area (Å²) >= 11 is 0. The SMILES string of the molecule is CC(=O)Cc1cccc2c1N(CC1CCOCC1)CC2. The summed E-state index contributed by atoms with van der Waals surface area (Å²) in [5.41, 5.74) is 3.96. The van der Waals surface area contributed by atoms with Crippen molar-refractivity contribution in [2.45, 2.75) is 32.6 Å². The van der Waals surface area contributed by atoms with Crippen LogP contribution in [0.3, 0.4) is 0 Å². The van der Waals surface area contributed by atoms with Crippen molar-refractivity contribution < 1.29 is 9.53 Å². The van der Waals surface area contributed by atoms with Crippen molar-refractivity contribution in [1.82, 2.24) is 0 Å². The van der Waals surface area contributed by atoms with Crippen LogP contribution < -0.4 is 4.90 Å². The van der Waals surface area contributed by atoms with E-state index in [1.807, 2.05) is 0 Å². The summed E-state index contributed by atoms with van der Waals surface area (Å²) in [5.74, 6) is 0.983. The third-order valence-corrected chi connectivity index (χ3v) is 4.43. The number of benzene rings is 1. The highest BCUT2D eigenvalue weighted by Gasteiger charge is 2.25. The van der Waals surface area contributed by atoms with Crippen LogP contribution in [0.1, 0.15) is 30.9 Å². The molecule has 0 unspecified atom stereocenters. The summed E-state index contributed by atoms with van der Waals surface area (Å²) in [6, 6.07) is 6.42. The first-order valence-electron chi connectivity index (χ1n) is 7.67. The predicted octanol–water partition coefficient (Wildman–Crippen LogP) is 2.61. The second-order valence-electron chi connectivity index (χ2n) is 6.06. The molecular weight excluding hydrogens is 250 g/mol. The van der Waals surface area contributed by atoms with E-state index < -0.39 is 0 Å². The maximum absolute atomic E-state index is 11.5. The molecule has 2 aliphatic heterocycles. The molecule has 0 N–H and O–H groups in total. The zero-order valence-corrected chi connectivity index (χ0v) is 12.2. The van der Waals surface area contributed by atoms with E-state index in [4.69, 9.17) is 4.74 Å². The van der Waals surface area contributed by atoms with Crippen LogP contribution in [0.15, 0.2) is 18.2 Å². The minimum absolute atomic E-state index is 0.247. The number of nitrogens with zero attached hydrogens (tertiary/aromatic N) is 1. The molecule has 0 aromatic heterocycles. The Morgan fingerprint density at radius 1 is 1.35 bits per heavy atom. The molecule has 1 aromatic rings. The molecule has 0 amide bonds. The Morgan fingerprint density at radius 2 is 2.15 bits per heavy atom. The average molecular weight is 273 g/mol. The number of ketones is 1. The number of carbonyl (C=O) groups excluding carboxylic acids is 1. The summed E-state index contributed by atoms with van der Waals surface area (Å²) in [6.45, 7) is 5.70. The third kappa shape index (κ3) is 2.88. The van der Waals surface area contributed by atoms with Crippen LogP contribution in [-0.2, 0) is 22.4 Å². The van der Waals surface area contributed by atoms with Gasteiger partial charge in [0.15, 0.2) is 0 Å². The van der Waals surface area contributed by atoms with Crippen LogP contribution in [-0.4, -0.2) is 32.1 Å². The van der Waals surface area contributed by atoms with Gasteiger partial charge in [0.2, 0.25) is 0 Å². The molecule has 1 aromatic carbocycles. The van der Waals surface area contributed by atoms with Gasteiger partial charge in [0.05, 0.1) is 0 Å². The molecule has 3 heteroatoms. The fourth-order valence-corrected chi connectivity index (χ4v) is 3.45. The maximum Gasteiger partial charge on any atom is 0.134 e. The molecule has 0 aliphatic carbocycles. The zero-order chi connectivity index (χ0) is 13.9. The van der Waals surface area contributed by atoms with Gasteiger partial charge >= 0.3 is 0 Å². The van der Waals surface area contributed by atoms with Crippen molar-refractivity contribution in [2.75, 3.05) is 31.2 Å². The standard InChI is InChI=1S/C17H23NO2/c1-13(19)11-16-4-2-3-15-5-8-18(17(15)16)12-14-6-9-20-10-7-14/h2-4,14H,5-12H2,1H3. The molecule has 20 heavy (non-hydrogen) atoms. The summed E-state index contributed by atoms with van der Waals surface area (Å²) < 4.78 is 5.45. The molecular formula is C17H23NO2. The second-order valence-corrected chi connectivity index (χ2v) is 6.06. The lowest BCUT2D eigenvalue weighted by atomic mass is 9.98. The van der Waals surface area contributed by atoms with Crippen molar-refractivity contribution in [1.29, 1.82) is 0 Å².